The van der Waals surface area contributed by atoms with Gasteiger partial charge in [-0.05, 0) is 37.8 Å². The lowest BCUT2D eigenvalue weighted by Crippen LogP contribution is -2.43. The fraction of sp³-hybridized carbons (Fsp3) is 0.409. The van der Waals surface area contributed by atoms with Crippen molar-refractivity contribution >= 4 is 11.8 Å². The van der Waals surface area contributed by atoms with Crippen LogP contribution in [0.1, 0.15) is 36.0 Å². The number of carbonyl (C=O) groups is 2. The quantitative estimate of drug-likeness (QED) is 0.841. The highest BCUT2D eigenvalue weighted by Gasteiger charge is 2.31. The van der Waals surface area contributed by atoms with Crippen molar-refractivity contribution in [1.29, 1.82) is 0 Å². The standard InChI is InChI=1S/C22H25N3O2/c26-21(24-12-4-5-13-24)18-9-14-25(15-10-18)22(27)19-8-11-23-20(16-19)17-6-2-1-3-7-17/h1-3,6-8,11,16,18H,4-5,9-10,12-15H2. The van der Waals surface area contributed by atoms with Crippen LogP contribution in [0.2, 0.25) is 0 Å². The largest absolute Gasteiger partial charge is 0.342 e. The van der Waals surface area contributed by atoms with Crippen LogP contribution in [-0.2, 0) is 4.79 Å². The first-order chi connectivity index (χ1) is 13.2. The molecule has 2 aliphatic heterocycles. The lowest BCUT2D eigenvalue weighted by Gasteiger charge is -2.33. The van der Waals surface area contributed by atoms with E-state index in [1.165, 1.54) is 0 Å². The molecule has 0 aliphatic carbocycles. The molecular weight excluding hydrogens is 338 g/mol. The van der Waals surface area contributed by atoms with Crippen molar-refractivity contribution in [3.8, 4) is 11.3 Å². The number of likely N-dealkylation sites (tertiary alicyclic amines) is 2. The molecule has 2 saturated heterocycles. The molecule has 1 aromatic carbocycles. The first-order valence-corrected chi connectivity index (χ1v) is 9.82. The summed E-state index contributed by atoms with van der Waals surface area (Å²) in [5.41, 5.74) is 2.47. The zero-order valence-electron chi connectivity index (χ0n) is 15.5. The van der Waals surface area contributed by atoms with Crippen LogP contribution in [0.5, 0.6) is 0 Å². The van der Waals surface area contributed by atoms with Crippen LogP contribution in [-0.4, -0.2) is 52.8 Å². The molecule has 2 aliphatic rings. The number of hydrogen-bond donors (Lipinski definition) is 0. The average Bonchev–Trinajstić information content (AvgIpc) is 3.28. The van der Waals surface area contributed by atoms with Gasteiger partial charge in [-0.1, -0.05) is 30.3 Å². The van der Waals surface area contributed by atoms with Crippen molar-refractivity contribution < 1.29 is 9.59 Å². The van der Waals surface area contributed by atoms with Crippen molar-refractivity contribution in [1.82, 2.24) is 14.8 Å². The van der Waals surface area contributed by atoms with E-state index >= 15 is 0 Å². The third-order valence-electron chi connectivity index (χ3n) is 5.63. The summed E-state index contributed by atoms with van der Waals surface area (Å²) in [6.07, 6.45) is 5.46. The van der Waals surface area contributed by atoms with E-state index in [1.807, 2.05) is 46.2 Å². The number of pyridine rings is 1. The van der Waals surface area contributed by atoms with Gasteiger partial charge in [-0.25, -0.2) is 0 Å². The zero-order chi connectivity index (χ0) is 18.6. The summed E-state index contributed by atoms with van der Waals surface area (Å²) in [4.78, 5) is 33.7. The summed E-state index contributed by atoms with van der Waals surface area (Å²) in [5.74, 6) is 0.390. The topological polar surface area (TPSA) is 53.5 Å². The summed E-state index contributed by atoms with van der Waals surface area (Å²) in [5, 5.41) is 0. The molecule has 140 valence electrons. The summed E-state index contributed by atoms with van der Waals surface area (Å²) < 4.78 is 0. The Hall–Kier alpha value is -2.69. The van der Waals surface area contributed by atoms with Gasteiger partial charge in [0.25, 0.3) is 5.91 Å². The highest BCUT2D eigenvalue weighted by Crippen LogP contribution is 2.24. The first-order valence-electron chi connectivity index (χ1n) is 9.82. The summed E-state index contributed by atoms with van der Waals surface area (Å²) in [6, 6.07) is 13.5. The molecule has 5 nitrogen and oxygen atoms in total. The van der Waals surface area contributed by atoms with E-state index in [-0.39, 0.29) is 17.7 Å². The number of benzene rings is 1. The van der Waals surface area contributed by atoms with E-state index in [9.17, 15) is 9.59 Å². The summed E-state index contributed by atoms with van der Waals surface area (Å²) in [6.45, 7) is 3.09. The van der Waals surface area contributed by atoms with Crippen molar-refractivity contribution in [2.24, 2.45) is 5.92 Å². The highest BCUT2D eigenvalue weighted by atomic mass is 16.2. The third kappa shape index (κ3) is 3.87. The minimum atomic E-state index is 0.0293. The molecule has 27 heavy (non-hydrogen) atoms. The molecular formula is C22H25N3O2. The van der Waals surface area contributed by atoms with Gasteiger partial charge in [0.15, 0.2) is 0 Å². The highest BCUT2D eigenvalue weighted by molar-refractivity contribution is 5.95. The Bertz CT molecular complexity index is 807. The molecule has 0 radical (unpaired) electrons. The molecule has 0 unspecified atom stereocenters. The number of hydrogen-bond acceptors (Lipinski definition) is 3. The van der Waals surface area contributed by atoms with E-state index in [0.717, 1.165) is 50.0 Å². The van der Waals surface area contributed by atoms with Crippen molar-refractivity contribution in [3.05, 3.63) is 54.2 Å². The fourth-order valence-electron chi connectivity index (χ4n) is 4.04. The lowest BCUT2D eigenvalue weighted by atomic mass is 9.95. The van der Waals surface area contributed by atoms with Crippen LogP contribution in [0.3, 0.4) is 0 Å². The molecule has 0 saturated carbocycles. The molecule has 2 aromatic rings. The summed E-state index contributed by atoms with van der Waals surface area (Å²) >= 11 is 0. The minimum absolute atomic E-state index is 0.0293. The maximum atomic E-state index is 12.9. The number of piperidine rings is 1. The monoisotopic (exact) mass is 363 g/mol. The Morgan fingerprint density at radius 2 is 1.59 bits per heavy atom. The van der Waals surface area contributed by atoms with Gasteiger partial charge in [0, 0.05) is 49.4 Å². The normalized spacial score (nSPS) is 17.9. The average molecular weight is 363 g/mol. The molecule has 0 spiro atoms. The van der Waals surface area contributed by atoms with Crippen LogP contribution < -0.4 is 0 Å². The number of nitrogens with zero attached hydrogens (tertiary/aromatic N) is 3. The van der Waals surface area contributed by atoms with Gasteiger partial charge in [-0.15, -0.1) is 0 Å². The van der Waals surface area contributed by atoms with Crippen LogP contribution in [0.25, 0.3) is 11.3 Å². The first kappa shape index (κ1) is 17.7. The SMILES string of the molecule is O=C(c1ccnc(-c2ccccc2)c1)N1CCC(C(=O)N2CCCC2)CC1. The Balaban J connectivity index is 1.40. The van der Waals surface area contributed by atoms with Crippen LogP contribution in [0, 0.1) is 5.92 Å². The molecule has 0 atom stereocenters. The molecule has 0 bridgehead atoms. The Kier molecular flexibility index (Phi) is 5.19. The second kappa shape index (κ2) is 7.91. The van der Waals surface area contributed by atoms with E-state index in [2.05, 4.69) is 4.98 Å². The second-order valence-corrected chi connectivity index (χ2v) is 7.39. The molecule has 2 fully saturated rings. The molecule has 3 heterocycles. The van der Waals surface area contributed by atoms with Crippen molar-refractivity contribution in [3.63, 3.8) is 0 Å². The molecule has 2 amide bonds. The molecule has 5 heteroatoms. The van der Waals surface area contributed by atoms with Gasteiger partial charge < -0.3 is 9.80 Å². The Morgan fingerprint density at radius 1 is 0.889 bits per heavy atom. The molecule has 0 N–H and O–H groups in total. The van der Waals surface area contributed by atoms with Gasteiger partial charge in [0.1, 0.15) is 0 Å². The van der Waals surface area contributed by atoms with Gasteiger partial charge in [0.2, 0.25) is 5.91 Å². The van der Waals surface area contributed by atoms with Gasteiger partial charge in [-0.2, -0.15) is 0 Å². The van der Waals surface area contributed by atoms with Gasteiger partial charge in [-0.3, -0.25) is 14.6 Å². The smallest absolute Gasteiger partial charge is 0.253 e. The molecule has 1 aromatic heterocycles. The third-order valence-corrected chi connectivity index (χ3v) is 5.63. The number of amides is 2. The molecule has 4 rings (SSSR count). The predicted octanol–water partition coefficient (Wildman–Crippen LogP) is 3.22. The maximum absolute atomic E-state index is 12.9. The van der Waals surface area contributed by atoms with Crippen molar-refractivity contribution in [2.75, 3.05) is 26.2 Å². The van der Waals surface area contributed by atoms with Crippen LogP contribution in [0.4, 0.5) is 0 Å². The minimum Gasteiger partial charge on any atom is -0.342 e. The number of carbonyl (C=O) groups excluding carboxylic acids is 2. The zero-order valence-corrected chi connectivity index (χ0v) is 15.5. The maximum Gasteiger partial charge on any atom is 0.253 e. The van der Waals surface area contributed by atoms with Crippen LogP contribution >= 0.6 is 0 Å². The second-order valence-electron chi connectivity index (χ2n) is 7.39. The van der Waals surface area contributed by atoms with Crippen molar-refractivity contribution in [2.45, 2.75) is 25.7 Å². The van der Waals surface area contributed by atoms with Gasteiger partial charge in [0.05, 0.1) is 5.69 Å². The fourth-order valence-corrected chi connectivity index (χ4v) is 4.04. The predicted molar refractivity (Wildman–Crippen MR) is 104 cm³/mol. The van der Waals surface area contributed by atoms with E-state index in [1.54, 1.807) is 12.3 Å². The Morgan fingerprint density at radius 3 is 2.30 bits per heavy atom. The number of rotatable bonds is 3. The Labute approximate surface area is 160 Å². The number of aromatic nitrogens is 1. The van der Waals surface area contributed by atoms with E-state index < -0.39 is 0 Å². The van der Waals surface area contributed by atoms with E-state index in [4.69, 9.17) is 0 Å². The lowest BCUT2D eigenvalue weighted by molar-refractivity contribution is -0.135. The van der Waals surface area contributed by atoms with Crippen LogP contribution in [0.15, 0.2) is 48.7 Å². The van der Waals surface area contributed by atoms with E-state index in [0.29, 0.717) is 18.7 Å². The summed E-state index contributed by atoms with van der Waals surface area (Å²) in [7, 11) is 0. The van der Waals surface area contributed by atoms with Gasteiger partial charge >= 0.3 is 0 Å².